The topological polar surface area (TPSA) is 115 Å². The summed E-state index contributed by atoms with van der Waals surface area (Å²) in [5.74, 6) is 0.219. The largest absolute Gasteiger partial charge is 0.493 e. The molecule has 13 heteroatoms. The Hall–Kier alpha value is -4.52. The number of carbonyl (C=O) groups is 1. The van der Waals surface area contributed by atoms with Crippen molar-refractivity contribution in [2.24, 2.45) is 0 Å². The SMILES string of the molecule is COc1cc(OC(F)F)cc(Nc2nc3ccccc3nc2NS(=O)c2ccc(C(=O)N(C)C)cc2)c1OC. The van der Waals surface area contributed by atoms with E-state index in [0.717, 1.165) is 0 Å². The van der Waals surface area contributed by atoms with Crippen LogP contribution in [0, 0.1) is 0 Å². The normalized spacial score (nSPS) is 11.7. The number of para-hydroxylation sites is 2. The quantitative estimate of drug-likeness (QED) is 0.285. The minimum Gasteiger partial charge on any atom is -0.493 e. The maximum atomic E-state index is 13.2. The molecule has 0 aliphatic rings. The molecule has 1 atom stereocenters. The Morgan fingerprint density at radius 1 is 0.949 bits per heavy atom. The highest BCUT2D eigenvalue weighted by molar-refractivity contribution is 7.86. The van der Waals surface area contributed by atoms with Crippen LogP contribution in [0.2, 0.25) is 0 Å². The number of methoxy groups -OCH3 is 2. The van der Waals surface area contributed by atoms with Crippen LogP contribution in [0.1, 0.15) is 10.4 Å². The van der Waals surface area contributed by atoms with Crippen LogP contribution in [0.4, 0.5) is 26.1 Å². The zero-order valence-electron chi connectivity index (χ0n) is 21.4. The number of hydrogen-bond acceptors (Lipinski definition) is 8. The van der Waals surface area contributed by atoms with Crippen LogP contribution in [0.25, 0.3) is 11.0 Å². The Bertz CT molecular complexity index is 1520. The van der Waals surface area contributed by atoms with Gasteiger partial charge in [0.25, 0.3) is 5.91 Å². The molecule has 4 aromatic rings. The molecule has 0 saturated carbocycles. The Kier molecular flexibility index (Phi) is 8.39. The molecule has 0 saturated heterocycles. The molecule has 204 valence electrons. The van der Waals surface area contributed by atoms with Gasteiger partial charge in [0.15, 0.2) is 34.1 Å². The van der Waals surface area contributed by atoms with Crippen molar-refractivity contribution < 1.29 is 32.0 Å². The van der Waals surface area contributed by atoms with Gasteiger partial charge in [0.2, 0.25) is 0 Å². The number of anilines is 3. The molecule has 1 heterocycles. The summed E-state index contributed by atoms with van der Waals surface area (Å²) in [6.07, 6.45) is 0. The van der Waals surface area contributed by atoms with Crippen molar-refractivity contribution in [1.29, 1.82) is 0 Å². The summed E-state index contributed by atoms with van der Waals surface area (Å²) in [6, 6.07) is 15.9. The summed E-state index contributed by atoms with van der Waals surface area (Å²) in [5.41, 5.74) is 1.68. The van der Waals surface area contributed by atoms with E-state index < -0.39 is 17.6 Å². The smallest absolute Gasteiger partial charge is 0.387 e. The lowest BCUT2D eigenvalue weighted by Crippen LogP contribution is -2.21. The first kappa shape index (κ1) is 27.5. The fourth-order valence-electron chi connectivity index (χ4n) is 3.61. The first-order valence-electron chi connectivity index (χ1n) is 11.4. The Morgan fingerprint density at radius 2 is 1.59 bits per heavy atom. The van der Waals surface area contributed by atoms with E-state index in [1.54, 1.807) is 62.6 Å². The molecule has 0 aliphatic heterocycles. The lowest BCUT2D eigenvalue weighted by molar-refractivity contribution is -0.0499. The maximum Gasteiger partial charge on any atom is 0.387 e. The highest BCUT2D eigenvalue weighted by Gasteiger charge is 2.20. The van der Waals surface area contributed by atoms with Crippen molar-refractivity contribution in [3.8, 4) is 17.2 Å². The van der Waals surface area contributed by atoms with Crippen LogP contribution >= 0.6 is 0 Å². The Morgan fingerprint density at radius 3 is 2.15 bits per heavy atom. The summed E-state index contributed by atoms with van der Waals surface area (Å²) < 4.78 is 57.2. The van der Waals surface area contributed by atoms with Crippen LogP contribution in [-0.4, -0.2) is 59.9 Å². The third-order valence-corrected chi connectivity index (χ3v) is 6.49. The standard InChI is InChI=1S/C26H25F2N5O5S/c1-33(2)25(34)15-9-11-17(12-10-15)39(35)32-24-23(29-18-7-5-6-8-19(18)30-24)31-20-13-16(38-26(27)28)14-21(36-3)22(20)37-4/h5-14,26H,1-4H3,(H,29,31)(H,30,32). The van der Waals surface area contributed by atoms with Crippen LogP contribution in [-0.2, 0) is 11.0 Å². The molecule has 3 aromatic carbocycles. The van der Waals surface area contributed by atoms with Gasteiger partial charge in [-0.2, -0.15) is 8.78 Å². The second kappa shape index (κ2) is 11.9. The molecule has 1 amide bonds. The predicted octanol–water partition coefficient (Wildman–Crippen LogP) is 4.83. The van der Waals surface area contributed by atoms with Crippen molar-refractivity contribution in [1.82, 2.24) is 14.9 Å². The molecule has 0 fully saturated rings. The van der Waals surface area contributed by atoms with E-state index in [-0.39, 0.29) is 40.5 Å². The van der Waals surface area contributed by atoms with Gasteiger partial charge in [-0.1, -0.05) is 12.1 Å². The van der Waals surface area contributed by atoms with Gasteiger partial charge >= 0.3 is 6.61 Å². The third kappa shape index (κ3) is 6.32. The zero-order chi connectivity index (χ0) is 28.1. The molecule has 0 aliphatic carbocycles. The van der Waals surface area contributed by atoms with Gasteiger partial charge in [-0.15, -0.1) is 0 Å². The number of hydrogen-bond donors (Lipinski definition) is 2. The monoisotopic (exact) mass is 557 g/mol. The number of amides is 1. The number of aromatic nitrogens is 2. The van der Waals surface area contributed by atoms with Crippen LogP contribution in [0.5, 0.6) is 17.2 Å². The number of ether oxygens (including phenoxy) is 3. The number of fused-ring (bicyclic) bond motifs is 1. The second-order valence-corrected chi connectivity index (χ2v) is 9.43. The van der Waals surface area contributed by atoms with E-state index in [2.05, 4.69) is 24.7 Å². The third-order valence-electron chi connectivity index (χ3n) is 5.41. The fraction of sp³-hybridized carbons (Fsp3) is 0.192. The minimum absolute atomic E-state index is 0.113. The van der Waals surface area contributed by atoms with Crippen molar-refractivity contribution in [3.05, 3.63) is 66.2 Å². The van der Waals surface area contributed by atoms with Crippen LogP contribution in [0.15, 0.2) is 65.6 Å². The summed E-state index contributed by atoms with van der Waals surface area (Å²) in [5, 5.41) is 3.02. The molecule has 0 radical (unpaired) electrons. The number of alkyl halides is 2. The van der Waals surface area contributed by atoms with Gasteiger partial charge in [0.1, 0.15) is 5.75 Å². The van der Waals surface area contributed by atoms with Gasteiger partial charge in [-0.25, -0.2) is 14.2 Å². The highest BCUT2D eigenvalue weighted by Crippen LogP contribution is 2.41. The van der Waals surface area contributed by atoms with Crippen molar-refractivity contribution in [2.45, 2.75) is 11.5 Å². The van der Waals surface area contributed by atoms with Gasteiger partial charge in [0.05, 0.1) is 35.8 Å². The average Bonchev–Trinajstić information content (AvgIpc) is 2.92. The molecule has 39 heavy (non-hydrogen) atoms. The average molecular weight is 558 g/mol. The maximum absolute atomic E-state index is 13.2. The molecular formula is C26H25F2N5O5S. The molecular weight excluding hydrogens is 532 g/mol. The molecule has 2 N–H and O–H groups in total. The zero-order valence-corrected chi connectivity index (χ0v) is 22.2. The number of halogens is 2. The van der Waals surface area contributed by atoms with Crippen LogP contribution in [0.3, 0.4) is 0 Å². The van der Waals surface area contributed by atoms with Gasteiger partial charge < -0.3 is 24.4 Å². The lowest BCUT2D eigenvalue weighted by Gasteiger charge is -2.18. The molecule has 1 unspecified atom stereocenters. The molecule has 10 nitrogen and oxygen atoms in total. The highest BCUT2D eigenvalue weighted by atomic mass is 32.2. The van der Waals surface area contributed by atoms with Gasteiger partial charge in [-0.05, 0) is 36.4 Å². The van der Waals surface area contributed by atoms with E-state index >= 15 is 0 Å². The first-order chi connectivity index (χ1) is 18.7. The minimum atomic E-state index is -3.06. The van der Waals surface area contributed by atoms with Crippen molar-refractivity contribution in [2.75, 3.05) is 38.4 Å². The summed E-state index contributed by atoms with van der Waals surface area (Å²) in [7, 11) is 4.23. The Balaban J connectivity index is 1.73. The number of carbonyl (C=O) groups excluding carboxylic acids is 1. The lowest BCUT2D eigenvalue weighted by atomic mass is 10.2. The van der Waals surface area contributed by atoms with Crippen LogP contribution < -0.4 is 24.2 Å². The number of rotatable bonds is 10. The van der Waals surface area contributed by atoms with E-state index in [0.29, 0.717) is 21.5 Å². The van der Waals surface area contributed by atoms with E-state index in [1.807, 2.05) is 0 Å². The predicted molar refractivity (Wildman–Crippen MR) is 143 cm³/mol. The Labute approximate surface area is 225 Å². The number of benzene rings is 3. The summed E-state index contributed by atoms with van der Waals surface area (Å²) in [6.45, 7) is -3.06. The van der Waals surface area contributed by atoms with E-state index in [9.17, 15) is 17.8 Å². The second-order valence-electron chi connectivity index (χ2n) is 8.21. The van der Waals surface area contributed by atoms with E-state index in [1.165, 1.54) is 31.3 Å². The molecule has 0 bridgehead atoms. The van der Waals surface area contributed by atoms with Crippen molar-refractivity contribution in [3.63, 3.8) is 0 Å². The molecule has 1 aromatic heterocycles. The van der Waals surface area contributed by atoms with Gasteiger partial charge in [-0.3, -0.25) is 9.52 Å². The summed E-state index contributed by atoms with van der Waals surface area (Å²) >= 11 is 0. The first-order valence-corrected chi connectivity index (χ1v) is 12.6. The molecule has 4 rings (SSSR count). The van der Waals surface area contributed by atoms with Crippen molar-refractivity contribution >= 4 is 45.2 Å². The fourth-order valence-corrected chi connectivity index (χ4v) is 4.43. The van der Waals surface area contributed by atoms with Gasteiger partial charge in [0, 0.05) is 31.8 Å². The summed E-state index contributed by atoms with van der Waals surface area (Å²) in [4.78, 5) is 23.2. The molecule has 0 spiro atoms. The van der Waals surface area contributed by atoms with E-state index in [4.69, 9.17) is 9.47 Å². The number of nitrogens with one attached hydrogen (secondary N) is 2. The number of nitrogens with zero attached hydrogens (tertiary/aromatic N) is 3.